The van der Waals surface area contributed by atoms with Crippen molar-refractivity contribution in [2.45, 2.75) is 40.3 Å². The minimum Gasteiger partial charge on any atom is -0.493 e. The summed E-state index contributed by atoms with van der Waals surface area (Å²) in [5.41, 5.74) is 6.82. The Bertz CT molecular complexity index is 846. The van der Waals surface area contributed by atoms with Gasteiger partial charge in [-0.1, -0.05) is 26.0 Å². The Balaban J connectivity index is 1.96. The summed E-state index contributed by atoms with van der Waals surface area (Å²) >= 11 is 0. The van der Waals surface area contributed by atoms with Crippen molar-refractivity contribution in [1.29, 1.82) is 0 Å². The molecule has 0 aliphatic heterocycles. The average Bonchev–Trinajstić information content (AvgIpc) is 2.75. The van der Waals surface area contributed by atoms with E-state index in [1.165, 1.54) is 7.11 Å². The van der Waals surface area contributed by atoms with E-state index in [1.54, 1.807) is 30.3 Å². The van der Waals surface area contributed by atoms with E-state index in [1.807, 2.05) is 26.0 Å². The van der Waals surface area contributed by atoms with Crippen molar-refractivity contribution in [1.82, 2.24) is 15.8 Å². The van der Waals surface area contributed by atoms with Gasteiger partial charge in [-0.25, -0.2) is 0 Å². The Kier molecular flexibility index (Phi) is 8.68. The lowest BCUT2D eigenvalue weighted by Crippen LogP contribution is -2.41. The molecule has 162 valence electrons. The fourth-order valence-corrected chi connectivity index (χ4v) is 2.88. The van der Waals surface area contributed by atoms with Crippen LogP contribution in [0.25, 0.3) is 0 Å². The van der Waals surface area contributed by atoms with Gasteiger partial charge < -0.3 is 9.47 Å². The lowest BCUT2D eigenvalue weighted by molar-refractivity contribution is 0.0846. The molecule has 2 rings (SSSR count). The van der Waals surface area contributed by atoms with Crippen LogP contribution in [0.1, 0.15) is 54.0 Å². The van der Waals surface area contributed by atoms with Crippen LogP contribution in [0.3, 0.4) is 0 Å². The predicted octanol–water partition coefficient (Wildman–Crippen LogP) is 3.40. The molecule has 0 unspecified atom stereocenters. The lowest BCUT2D eigenvalue weighted by Gasteiger charge is -2.18. The van der Waals surface area contributed by atoms with Crippen molar-refractivity contribution in [2.24, 2.45) is 0 Å². The number of carbonyl (C=O) groups is 2. The number of ether oxygens (including phenoxy) is 2. The van der Waals surface area contributed by atoms with Crippen molar-refractivity contribution >= 4 is 11.8 Å². The molecule has 0 spiro atoms. The van der Waals surface area contributed by atoms with E-state index >= 15 is 0 Å². The smallest absolute Gasteiger partial charge is 0.269 e. The Morgan fingerprint density at radius 1 is 0.900 bits per heavy atom. The van der Waals surface area contributed by atoms with Crippen LogP contribution in [0.4, 0.5) is 0 Å². The monoisotopic (exact) mass is 413 g/mol. The zero-order valence-corrected chi connectivity index (χ0v) is 18.3. The molecule has 0 atom stereocenters. The molecule has 30 heavy (non-hydrogen) atoms. The van der Waals surface area contributed by atoms with Crippen LogP contribution in [0, 0.1) is 0 Å². The number of amides is 2. The van der Waals surface area contributed by atoms with Crippen LogP contribution in [-0.4, -0.2) is 43.0 Å². The third kappa shape index (κ3) is 6.49. The summed E-state index contributed by atoms with van der Waals surface area (Å²) in [5, 5.41) is 0. The molecule has 7 nitrogen and oxygen atoms in total. The van der Waals surface area contributed by atoms with E-state index in [0.717, 1.165) is 25.2 Å². The average molecular weight is 414 g/mol. The molecule has 2 N–H and O–H groups in total. The van der Waals surface area contributed by atoms with Gasteiger partial charge in [-0.3, -0.25) is 25.3 Å². The van der Waals surface area contributed by atoms with Gasteiger partial charge in [0, 0.05) is 17.7 Å². The van der Waals surface area contributed by atoms with Crippen LogP contribution in [-0.2, 0) is 6.54 Å². The molecule has 2 amide bonds. The molecule has 0 fully saturated rings. The normalized spacial score (nSPS) is 10.8. The maximum atomic E-state index is 12.4. The van der Waals surface area contributed by atoms with Crippen molar-refractivity contribution < 1.29 is 19.1 Å². The van der Waals surface area contributed by atoms with E-state index in [4.69, 9.17) is 9.47 Å². The molecule has 0 aliphatic carbocycles. The Morgan fingerprint density at radius 2 is 1.47 bits per heavy atom. The highest BCUT2D eigenvalue weighted by Gasteiger charge is 2.13. The van der Waals surface area contributed by atoms with Gasteiger partial charge in [0.1, 0.15) is 0 Å². The van der Waals surface area contributed by atoms with Gasteiger partial charge in [0.05, 0.1) is 13.2 Å². The SMILES string of the molecule is CCN(CC)Cc1ccc(C(=O)NNC(=O)c2ccc(OC(C)C)c(OC)c2)cc1. The largest absolute Gasteiger partial charge is 0.493 e. The molecule has 2 aromatic rings. The van der Waals surface area contributed by atoms with Gasteiger partial charge in [0.15, 0.2) is 11.5 Å². The van der Waals surface area contributed by atoms with Crippen LogP contribution >= 0.6 is 0 Å². The number of hydrogen-bond donors (Lipinski definition) is 2. The highest BCUT2D eigenvalue weighted by atomic mass is 16.5. The Labute approximate surface area is 178 Å². The van der Waals surface area contributed by atoms with Crippen LogP contribution in [0.15, 0.2) is 42.5 Å². The summed E-state index contributed by atoms with van der Waals surface area (Å²) in [7, 11) is 1.51. The van der Waals surface area contributed by atoms with Crippen LogP contribution in [0.2, 0.25) is 0 Å². The summed E-state index contributed by atoms with van der Waals surface area (Å²) in [6.07, 6.45) is -0.0173. The first-order valence-electron chi connectivity index (χ1n) is 10.1. The first kappa shape index (κ1) is 23.2. The second-order valence-electron chi connectivity index (χ2n) is 7.10. The molecule has 0 radical (unpaired) electrons. The number of rotatable bonds is 9. The van der Waals surface area contributed by atoms with Gasteiger partial charge in [-0.05, 0) is 62.8 Å². The number of hydrogen-bond acceptors (Lipinski definition) is 5. The second kappa shape index (κ2) is 11.2. The van der Waals surface area contributed by atoms with Gasteiger partial charge in [0.25, 0.3) is 11.8 Å². The van der Waals surface area contributed by atoms with E-state index in [2.05, 4.69) is 29.6 Å². The maximum absolute atomic E-state index is 12.4. The standard InChI is InChI=1S/C23H31N3O4/c1-6-26(7-2)15-17-8-10-18(11-9-17)22(27)24-25-23(28)19-12-13-20(30-16(3)4)21(14-19)29-5/h8-14,16H,6-7,15H2,1-5H3,(H,24,27)(H,25,28). The fourth-order valence-electron chi connectivity index (χ4n) is 2.88. The van der Waals surface area contributed by atoms with Gasteiger partial charge >= 0.3 is 0 Å². The van der Waals surface area contributed by atoms with E-state index < -0.39 is 5.91 Å². The Hall–Kier alpha value is -3.06. The quantitative estimate of drug-likeness (QED) is 0.616. The molecule has 0 saturated carbocycles. The van der Waals surface area contributed by atoms with Crippen molar-refractivity contribution in [3.05, 3.63) is 59.2 Å². The Morgan fingerprint density at radius 3 is 2.00 bits per heavy atom. The molecule has 0 saturated heterocycles. The topological polar surface area (TPSA) is 79.9 Å². The molecule has 7 heteroatoms. The van der Waals surface area contributed by atoms with Crippen LogP contribution < -0.4 is 20.3 Å². The third-order valence-corrected chi connectivity index (χ3v) is 4.59. The maximum Gasteiger partial charge on any atom is 0.269 e. The minimum absolute atomic E-state index is 0.0173. The summed E-state index contributed by atoms with van der Waals surface area (Å²) in [6, 6.07) is 12.2. The summed E-state index contributed by atoms with van der Waals surface area (Å²) < 4.78 is 10.9. The van der Waals surface area contributed by atoms with Crippen LogP contribution in [0.5, 0.6) is 11.5 Å². The first-order chi connectivity index (χ1) is 14.4. The zero-order valence-electron chi connectivity index (χ0n) is 18.3. The molecule has 0 aliphatic rings. The lowest BCUT2D eigenvalue weighted by atomic mass is 10.1. The summed E-state index contributed by atoms with van der Waals surface area (Å²) in [4.78, 5) is 27.0. The number of nitrogens with zero attached hydrogens (tertiary/aromatic N) is 1. The van der Waals surface area contributed by atoms with Gasteiger partial charge in [-0.15, -0.1) is 0 Å². The predicted molar refractivity (Wildman–Crippen MR) is 117 cm³/mol. The van der Waals surface area contributed by atoms with Gasteiger partial charge in [-0.2, -0.15) is 0 Å². The minimum atomic E-state index is -0.448. The number of nitrogens with one attached hydrogen (secondary N) is 2. The molecular formula is C23H31N3O4. The van der Waals surface area contributed by atoms with Crippen molar-refractivity contribution in [3.63, 3.8) is 0 Å². The number of carbonyl (C=O) groups excluding carboxylic acids is 2. The van der Waals surface area contributed by atoms with Gasteiger partial charge in [0.2, 0.25) is 0 Å². The number of hydrazine groups is 1. The highest BCUT2D eigenvalue weighted by Crippen LogP contribution is 2.28. The van der Waals surface area contributed by atoms with E-state index in [0.29, 0.717) is 22.6 Å². The molecular weight excluding hydrogens is 382 g/mol. The second-order valence-corrected chi connectivity index (χ2v) is 7.10. The first-order valence-corrected chi connectivity index (χ1v) is 10.1. The third-order valence-electron chi connectivity index (χ3n) is 4.59. The summed E-state index contributed by atoms with van der Waals surface area (Å²) in [5.74, 6) is 0.171. The summed E-state index contributed by atoms with van der Waals surface area (Å²) in [6.45, 7) is 10.8. The number of methoxy groups -OCH3 is 1. The molecule has 0 heterocycles. The van der Waals surface area contributed by atoms with Crippen molar-refractivity contribution in [3.8, 4) is 11.5 Å². The van der Waals surface area contributed by atoms with E-state index in [9.17, 15) is 9.59 Å². The number of benzene rings is 2. The molecule has 0 aromatic heterocycles. The fraction of sp³-hybridized carbons (Fsp3) is 0.391. The van der Waals surface area contributed by atoms with E-state index in [-0.39, 0.29) is 12.0 Å². The highest BCUT2D eigenvalue weighted by molar-refractivity contribution is 5.99. The zero-order chi connectivity index (χ0) is 22.1. The van der Waals surface area contributed by atoms with Crippen molar-refractivity contribution in [2.75, 3.05) is 20.2 Å². The molecule has 2 aromatic carbocycles. The molecule has 0 bridgehead atoms.